The molecule has 1 aliphatic carbocycles. The van der Waals surface area contributed by atoms with Gasteiger partial charge in [-0.1, -0.05) is 30.3 Å². The fourth-order valence-corrected chi connectivity index (χ4v) is 2.96. The molecule has 23 heavy (non-hydrogen) atoms. The second kappa shape index (κ2) is 6.65. The van der Waals surface area contributed by atoms with Gasteiger partial charge < -0.3 is 10.0 Å². The van der Waals surface area contributed by atoms with Crippen LogP contribution in [0.4, 0.5) is 5.69 Å². The van der Waals surface area contributed by atoms with Crippen molar-refractivity contribution in [1.82, 2.24) is 0 Å². The molecule has 1 saturated carbocycles. The second-order valence-corrected chi connectivity index (χ2v) is 5.84. The molecule has 0 radical (unpaired) electrons. The average Bonchev–Trinajstić information content (AvgIpc) is 3.00. The summed E-state index contributed by atoms with van der Waals surface area (Å²) in [7, 11) is 0. The molecule has 1 amide bonds. The molecule has 0 saturated heterocycles. The van der Waals surface area contributed by atoms with E-state index in [1.807, 2.05) is 30.3 Å². The van der Waals surface area contributed by atoms with Crippen LogP contribution in [-0.4, -0.2) is 16.8 Å². The van der Waals surface area contributed by atoms with Crippen LogP contribution in [0.1, 0.15) is 24.8 Å². The first-order valence-electron chi connectivity index (χ1n) is 7.82. The SMILES string of the molecule is O=C1CCCC1C(=O)N(Cc1ccccc1)c1ccc(O)cc1. The first-order chi connectivity index (χ1) is 11.1. The molecular formula is C19H19NO3. The Labute approximate surface area is 135 Å². The van der Waals surface area contributed by atoms with Gasteiger partial charge in [-0.3, -0.25) is 9.59 Å². The third kappa shape index (κ3) is 3.42. The Kier molecular flexibility index (Phi) is 4.42. The van der Waals surface area contributed by atoms with E-state index in [9.17, 15) is 14.7 Å². The van der Waals surface area contributed by atoms with E-state index in [0.717, 1.165) is 12.0 Å². The van der Waals surface area contributed by atoms with Crippen LogP contribution in [0.2, 0.25) is 0 Å². The number of Topliss-reactive ketones (excluding diaryl/α,β-unsaturated/α-hetero) is 1. The van der Waals surface area contributed by atoms with Crippen LogP contribution in [0, 0.1) is 5.92 Å². The Morgan fingerprint density at radius 3 is 2.39 bits per heavy atom. The van der Waals surface area contributed by atoms with Gasteiger partial charge in [0.05, 0.1) is 12.5 Å². The summed E-state index contributed by atoms with van der Waals surface area (Å²) in [6, 6.07) is 16.2. The number of carbonyl (C=O) groups excluding carboxylic acids is 2. The quantitative estimate of drug-likeness (QED) is 0.882. The fraction of sp³-hybridized carbons (Fsp3) is 0.263. The molecule has 0 heterocycles. The molecule has 1 N–H and O–H groups in total. The Hall–Kier alpha value is -2.62. The van der Waals surface area contributed by atoms with Crippen LogP contribution in [0.5, 0.6) is 5.75 Å². The predicted octanol–water partition coefficient (Wildman–Crippen LogP) is 3.29. The van der Waals surface area contributed by atoms with Crippen molar-refractivity contribution in [2.45, 2.75) is 25.8 Å². The summed E-state index contributed by atoms with van der Waals surface area (Å²) in [5.41, 5.74) is 1.69. The molecule has 118 valence electrons. The molecule has 0 spiro atoms. The smallest absolute Gasteiger partial charge is 0.237 e. The monoisotopic (exact) mass is 309 g/mol. The van der Waals surface area contributed by atoms with Crippen LogP contribution >= 0.6 is 0 Å². The van der Waals surface area contributed by atoms with E-state index in [2.05, 4.69) is 0 Å². The van der Waals surface area contributed by atoms with Gasteiger partial charge in [0.25, 0.3) is 0 Å². The van der Waals surface area contributed by atoms with Crippen molar-refractivity contribution in [3.63, 3.8) is 0 Å². The van der Waals surface area contributed by atoms with Crippen LogP contribution in [0.3, 0.4) is 0 Å². The molecule has 3 rings (SSSR count). The highest BCUT2D eigenvalue weighted by Gasteiger charge is 2.34. The molecule has 1 unspecified atom stereocenters. The highest BCUT2D eigenvalue weighted by atomic mass is 16.3. The Morgan fingerprint density at radius 1 is 1.09 bits per heavy atom. The lowest BCUT2D eigenvalue weighted by Crippen LogP contribution is -2.37. The maximum Gasteiger partial charge on any atom is 0.237 e. The number of amides is 1. The number of aromatic hydroxyl groups is 1. The number of phenols is 1. The van der Waals surface area contributed by atoms with E-state index in [1.165, 1.54) is 0 Å². The summed E-state index contributed by atoms with van der Waals surface area (Å²) in [5.74, 6) is -0.501. The molecule has 1 fully saturated rings. The van der Waals surface area contributed by atoms with Crippen LogP contribution in [0.15, 0.2) is 54.6 Å². The Balaban J connectivity index is 1.90. The van der Waals surface area contributed by atoms with Gasteiger partial charge in [0, 0.05) is 12.1 Å². The van der Waals surface area contributed by atoms with E-state index in [-0.39, 0.29) is 17.4 Å². The number of carbonyl (C=O) groups is 2. The molecule has 1 aliphatic rings. The maximum absolute atomic E-state index is 12.9. The number of ketones is 1. The lowest BCUT2D eigenvalue weighted by atomic mass is 10.0. The summed E-state index contributed by atoms with van der Waals surface area (Å²) in [6.45, 7) is 0.411. The van der Waals surface area contributed by atoms with Crippen molar-refractivity contribution in [1.29, 1.82) is 0 Å². The Bertz CT molecular complexity index is 694. The summed E-state index contributed by atoms with van der Waals surface area (Å²) in [5, 5.41) is 9.46. The molecule has 2 aromatic rings. The molecule has 4 nitrogen and oxygen atoms in total. The summed E-state index contributed by atoms with van der Waals surface area (Å²) >= 11 is 0. The van der Waals surface area contributed by atoms with Crippen molar-refractivity contribution < 1.29 is 14.7 Å². The van der Waals surface area contributed by atoms with Gasteiger partial charge in [-0.05, 0) is 42.7 Å². The van der Waals surface area contributed by atoms with Crippen LogP contribution in [-0.2, 0) is 16.1 Å². The first-order valence-corrected chi connectivity index (χ1v) is 7.82. The molecular weight excluding hydrogens is 290 g/mol. The van der Waals surface area contributed by atoms with Gasteiger partial charge in [-0.25, -0.2) is 0 Å². The molecule has 0 bridgehead atoms. The topological polar surface area (TPSA) is 57.6 Å². The van der Waals surface area contributed by atoms with Gasteiger partial charge in [0.15, 0.2) is 0 Å². The van der Waals surface area contributed by atoms with E-state index >= 15 is 0 Å². The minimum atomic E-state index is -0.535. The van der Waals surface area contributed by atoms with Gasteiger partial charge in [0.2, 0.25) is 5.91 Å². The van der Waals surface area contributed by atoms with Crippen molar-refractivity contribution in [3.05, 3.63) is 60.2 Å². The third-order valence-corrected chi connectivity index (χ3v) is 4.21. The van der Waals surface area contributed by atoms with E-state index < -0.39 is 5.92 Å². The summed E-state index contributed by atoms with van der Waals surface area (Å²) in [4.78, 5) is 26.5. The van der Waals surface area contributed by atoms with E-state index in [0.29, 0.717) is 25.1 Å². The highest BCUT2D eigenvalue weighted by Crippen LogP contribution is 2.28. The lowest BCUT2D eigenvalue weighted by molar-refractivity contribution is -0.130. The van der Waals surface area contributed by atoms with Gasteiger partial charge in [-0.15, -0.1) is 0 Å². The number of rotatable bonds is 4. The number of nitrogens with zero attached hydrogens (tertiary/aromatic N) is 1. The summed E-state index contributed by atoms with van der Waals surface area (Å²) < 4.78 is 0. The van der Waals surface area contributed by atoms with Gasteiger partial charge in [-0.2, -0.15) is 0 Å². The van der Waals surface area contributed by atoms with Crippen molar-refractivity contribution >= 4 is 17.4 Å². The molecule has 1 atom stereocenters. The zero-order valence-corrected chi connectivity index (χ0v) is 12.8. The third-order valence-electron chi connectivity index (χ3n) is 4.21. The Morgan fingerprint density at radius 2 is 1.78 bits per heavy atom. The summed E-state index contributed by atoms with van der Waals surface area (Å²) in [6.07, 6.45) is 1.90. The second-order valence-electron chi connectivity index (χ2n) is 5.84. The maximum atomic E-state index is 12.9. The van der Waals surface area contributed by atoms with E-state index in [4.69, 9.17) is 0 Å². The average molecular weight is 309 g/mol. The van der Waals surface area contributed by atoms with Crippen molar-refractivity contribution in [2.24, 2.45) is 5.92 Å². The predicted molar refractivity (Wildman–Crippen MR) is 88.1 cm³/mol. The fourth-order valence-electron chi connectivity index (χ4n) is 2.96. The standard InChI is InChI=1S/C19H19NO3/c21-16-11-9-15(10-12-16)20(13-14-5-2-1-3-6-14)19(23)17-7-4-8-18(17)22/h1-3,5-6,9-12,17,21H,4,7-8,13H2. The zero-order valence-electron chi connectivity index (χ0n) is 12.8. The number of hydrogen-bond donors (Lipinski definition) is 1. The number of hydrogen-bond acceptors (Lipinski definition) is 3. The minimum Gasteiger partial charge on any atom is -0.508 e. The normalized spacial score (nSPS) is 17.2. The van der Waals surface area contributed by atoms with Crippen molar-refractivity contribution in [2.75, 3.05) is 4.90 Å². The van der Waals surface area contributed by atoms with Crippen molar-refractivity contribution in [3.8, 4) is 5.75 Å². The number of phenolic OH excluding ortho intramolecular Hbond substituents is 1. The van der Waals surface area contributed by atoms with Crippen LogP contribution in [0.25, 0.3) is 0 Å². The number of benzene rings is 2. The molecule has 2 aromatic carbocycles. The van der Waals surface area contributed by atoms with Gasteiger partial charge in [0.1, 0.15) is 11.5 Å². The molecule has 0 aromatic heterocycles. The molecule has 0 aliphatic heterocycles. The number of anilines is 1. The zero-order chi connectivity index (χ0) is 16.2. The van der Waals surface area contributed by atoms with Gasteiger partial charge >= 0.3 is 0 Å². The lowest BCUT2D eigenvalue weighted by Gasteiger charge is -2.25. The highest BCUT2D eigenvalue weighted by molar-refractivity contribution is 6.09. The van der Waals surface area contributed by atoms with Crippen LogP contribution < -0.4 is 4.90 Å². The molecule has 4 heteroatoms. The minimum absolute atomic E-state index is 0.0341. The largest absolute Gasteiger partial charge is 0.508 e. The van der Waals surface area contributed by atoms with E-state index in [1.54, 1.807) is 29.2 Å². The first kappa shape index (κ1) is 15.3.